The molecule has 110 valence electrons. The van der Waals surface area contributed by atoms with Crippen molar-refractivity contribution >= 4 is 25.6 Å². The fourth-order valence-electron chi connectivity index (χ4n) is 1.93. The van der Waals surface area contributed by atoms with E-state index < -0.39 is 20.8 Å². The van der Waals surface area contributed by atoms with E-state index in [1.165, 1.54) is 12.8 Å². The number of nitrogens with one attached hydrogen (secondary N) is 1. The molecule has 1 aromatic rings. The van der Waals surface area contributed by atoms with Gasteiger partial charge in [-0.05, 0) is 37.0 Å². The van der Waals surface area contributed by atoms with Crippen LogP contribution in [0.1, 0.15) is 36.0 Å². The maximum absolute atomic E-state index is 13.7. The van der Waals surface area contributed by atoms with Crippen molar-refractivity contribution in [1.82, 2.24) is 5.32 Å². The van der Waals surface area contributed by atoms with Gasteiger partial charge in [0, 0.05) is 17.2 Å². The normalized spacial score (nSPS) is 15.1. The topological polar surface area (TPSA) is 63.2 Å². The summed E-state index contributed by atoms with van der Waals surface area (Å²) >= 11 is 0. The van der Waals surface area contributed by atoms with E-state index in [1.807, 2.05) is 0 Å². The molecule has 1 aliphatic rings. The SMILES string of the molecule is O=C(NCCCC1CC1)c1ccc(S(=O)(=O)Cl)cc1F. The molecule has 1 saturated carbocycles. The van der Waals surface area contributed by atoms with Crippen molar-refractivity contribution in [3.05, 3.63) is 29.6 Å². The van der Waals surface area contributed by atoms with Crippen molar-refractivity contribution in [3.63, 3.8) is 0 Å². The Morgan fingerprint density at radius 3 is 2.65 bits per heavy atom. The van der Waals surface area contributed by atoms with Crippen molar-refractivity contribution in [3.8, 4) is 0 Å². The Kier molecular flexibility index (Phi) is 4.65. The summed E-state index contributed by atoms with van der Waals surface area (Å²) in [6, 6.07) is 2.99. The van der Waals surface area contributed by atoms with Crippen LogP contribution in [0.4, 0.5) is 4.39 Å². The molecule has 0 aliphatic heterocycles. The van der Waals surface area contributed by atoms with E-state index in [-0.39, 0.29) is 10.5 Å². The van der Waals surface area contributed by atoms with Gasteiger partial charge in [-0.15, -0.1) is 0 Å². The van der Waals surface area contributed by atoms with Gasteiger partial charge in [0.1, 0.15) is 5.82 Å². The van der Waals surface area contributed by atoms with Crippen LogP contribution in [0.5, 0.6) is 0 Å². The third-order valence-electron chi connectivity index (χ3n) is 3.24. The first-order chi connectivity index (χ1) is 9.38. The highest BCUT2D eigenvalue weighted by molar-refractivity contribution is 8.13. The summed E-state index contributed by atoms with van der Waals surface area (Å²) in [6.07, 6.45) is 4.46. The van der Waals surface area contributed by atoms with Crippen molar-refractivity contribution in [2.75, 3.05) is 6.54 Å². The average molecular weight is 320 g/mol. The van der Waals surface area contributed by atoms with E-state index >= 15 is 0 Å². The van der Waals surface area contributed by atoms with Crippen molar-refractivity contribution in [2.24, 2.45) is 5.92 Å². The molecule has 2 rings (SSSR count). The fraction of sp³-hybridized carbons (Fsp3) is 0.462. The summed E-state index contributed by atoms with van der Waals surface area (Å²) in [5, 5.41) is 2.62. The Bertz CT molecular complexity index is 614. The van der Waals surface area contributed by atoms with E-state index in [9.17, 15) is 17.6 Å². The maximum atomic E-state index is 13.7. The number of hydrogen-bond acceptors (Lipinski definition) is 3. The highest BCUT2D eigenvalue weighted by Gasteiger charge is 2.20. The maximum Gasteiger partial charge on any atom is 0.261 e. The summed E-state index contributed by atoms with van der Waals surface area (Å²) in [5.41, 5.74) is -0.180. The van der Waals surface area contributed by atoms with Gasteiger partial charge in [0.15, 0.2) is 0 Å². The van der Waals surface area contributed by atoms with E-state index in [0.717, 1.165) is 37.0 Å². The van der Waals surface area contributed by atoms with Crippen LogP contribution in [0.2, 0.25) is 0 Å². The second-order valence-electron chi connectivity index (χ2n) is 4.92. The molecule has 1 amide bonds. The Hall–Kier alpha value is -1.14. The number of benzene rings is 1. The molecule has 1 aliphatic carbocycles. The summed E-state index contributed by atoms with van der Waals surface area (Å²) in [7, 11) is 1.11. The Morgan fingerprint density at radius 1 is 1.40 bits per heavy atom. The monoisotopic (exact) mass is 319 g/mol. The molecule has 0 spiro atoms. The van der Waals surface area contributed by atoms with E-state index in [1.54, 1.807) is 0 Å². The largest absolute Gasteiger partial charge is 0.352 e. The second-order valence-corrected chi connectivity index (χ2v) is 7.49. The van der Waals surface area contributed by atoms with E-state index in [2.05, 4.69) is 5.32 Å². The van der Waals surface area contributed by atoms with Crippen LogP contribution >= 0.6 is 10.7 Å². The number of amides is 1. The molecule has 1 fully saturated rings. The number of rotatable bonds is 6. The highest BCUT2D eigenvalue weighted by Crippen LogP contribution is 2.33. The summed E-state index contributed by atoms with van der Waals surface area (Å²) in [6.45, 7) is 0.490. The molecule has 0 aromatic heterocycles. The van der Waals surface area contributed by atoms with Crippen molar-refractivity contribution < 1.29 is 17.6 Å². The lowest BCUT2D eigenvalue weighted by molar-refractivity contribution is 0.0948. The average Bonchev–Trinajstić information content (AvgIpc) is 3.17. The molecule has 0 radical (unpaired) electrons. The van der Waals surface area contributed by atoms with Crippen molar-refractivity contribution in [2.45, 2.75) is 30.6 Å². The minimum absolute atomic E-state index is 0.180. The van der Waals surface area contributed by atoms with E-state index in [4.69, 9.17) is 10.7 Å². The summed E-state index contributed by atoms with van der Waals surface area (Å²) < 4.78 is 35.8. The van der Waals surface area contributed by atoms with Crippen LogP contribution in [-0.2, 0) is 9.05 Å². The predicted molar refractivity (Wildman–Crippen MR) is 73.7 cm³/mol. The van der Waals surface area contributed by atoms with Gasteiger partial charge in [-0.25, -0.2) is 12.8 Å². The van der Waals surface area contributed by atoms with Gasteiger partial charge in [-0.2, -0.15) is 0 Å². The van der Waals surface area contributed by atoms with Gasteiger partial charge in [0.2, 0.25) is 0 Å². The first-order valence-electron chi connectivity index (χ1n) is 6.40. The molecule has 0 saturated heterocycles. The quantitative estimate of drug-likeness (QED) is 0.647. The molecule has 0 heterocycles. The standard InChI is InChI=1S/C13H15ClFNO3S/c14-20(18,19)10-5-6-11(12(15)8-10)13(17)16-7-1-2-9-3-4-9/h5-6,8-9H,1-4,7H2,(H,16,17). The minimum Gasteiger partial charge on any atom is -0.352 e. The number of halogens is 2. The predicted octanol–water partition coefficient (Wildman–Crippen LogP) is 2.67. The zero-order valence-corrected chi connectivity index (χ0v) is 12.3. The minimum atomic E-state index is -3.99. The molecule has 0 bridgehead atoms. The molecular weight excluding hydrogens is 305 g/mol. The molecule has 0 unspecified atom stereocenters. The van der Waals surface area contributed by atoms with Crippen LogP contribution < -0.4 is 5.32 Å². The lowest BCUT2D eigenvalue weighted by Crippen LogP contribution is -2.25. The first-order valence-corrected chi connectivity index (χ1v) is 8.71. The highest BCUT2D eigenvalue weighted by atomic mass is 35.7. The van der Waals surface area contributed by atoms with Crippen LogP contribution in [-0.4, -0.2) is 20.9 Å². The Morgan fingerprint density at radius 2 is 2.10 bits per heavy atom. The first kappa shape index (κ1) is 15.3. The molecule has 20 heavy (non-hydrogen) atoms. The number of hydrogen-bond donors (Lipinski definition) is 1. The molecule has 1 N–H and O–H groups in total. The number of carbonyl (C=O) groups is 1. The Labute approximate surface area is 121 Å². The fourth-order valence-corrected chi connectivity index (χ4v) is 2.69. The zero-order chi connectivity index (χ0) is 14.8. The summed E-state index contributed by atoms with van der Waals surface area (Å²) in [5.74, 6) is -0.653. The van der Waals surface area contributed by atoms with Crippen LogP contribution in [0.25, 0.3) is 0 Å². The van der Waals surface area contributed by atoms with Gasteiger partial charge >= 0.3 is 0 Å². The molecular formula is C13H15ClFNO3S. The lowest BCUT2D eigenvalue weighted by Gasteiger charge is -2.06. The molecule has 0 atom stereocenters. The zero-order valence-electron chi connectivity index (χ0n) is 10.7. The second kappa shape index (κ2) is 6.10. The summed E-state index contributed by atoms with van der Waals surface area (Å²) in [4.78, 5) is 11.4. The van der Waals surface area contributed by atoms with Crippen LogP contribution in [0.3, 0.4) is 0 Å². The third-order valence-corrected chi connectivity index (χ3v) is 4.59. The van der Waals surface area contributed by atoms with Gasteiger partial charge in [0.25, 0.3) is 15.0 Å². The van der Waals surface area contributed by atoms with Gasteiger partial charge in [0.05, 0.1) is 10.5 Å². The van der Waals surface area contributed by atoms with Gasteiger partial charge < -0.3 is 5.32 Å². The molecule has 1 aromatic carbocycles. The van der Waals surface area contributed by atoms with E-state index in [0.29, 0.717) is 6.54 Å². The van der Waals surface area contributed by atoms with Gasteiger partial charge in [-0.1, -0.05) is 12.8 Å². The molecule has 7 heteroatoms. The lowest BCUT2D eigenvalue weighted by atomic mass is 10.2. The van der Waals surface area contributed by atoms with Crippen LogP contribution in [0, 0.1) is 11.7 Å². The third kappa shape index (κ3) is 4.18. The van der Waals surface area contributed by atoms with Crippen LogP contribution in [0.15, 0.2) is 23.1 Å². The molecule has 4 nitrogen and oxygen atoms in total. The number of carbonyl (C=O) groups excluding carboxylic acids is 1. The van der Waals surface area contributed by atoms with Crippen molar-refractivity contribution in [1.29, 1.82) is 0 Å². The van der Waals surface area contributed by atoms with Gasteiger partial charge in [-0.3, -0.25) is 4.79 Å². The smallest absolute Gasteiger partial charge is 0.261 e. The Balaban J connectivity index is 1.95.